The third-order valence-electron chi connectivity index (χ3n) is 2.01. The van der Waals surface area contributed by atoms with E-state index < -0.39 is 30.5 Å². The second-order valence-electron chi connectivity index (χ2n) is 3.33. The van der Waals surface area contributed by atoms with E-state index in [0.717, 1.165) is 11.3 Å². The first-order valence-electron chi connectivity index (χ1n) is 4.53. The van der Waals surface area contributed by atoms with E-state index in [1.165, 1.54) is 17.5 Å². The lowest BCUT2D eigenvalue weighted by Gasteiger charge is -2.40. The zero-order valence-corrected chi connectivity index (χ0v) is 9.66. The minimum atomic E-state index is -6.34. The quantitative estimate of drug-likeness (QED) is 0.634. The molecule has 0 aromatic carbocycles. The Morgan fingerprint density at radius 3 is 2.11 bits per heavy atom. The molecule has 1 aromatic heterocycles. The third kappa shape index (κ3) is 3.00. The Hall–Kier alpha value is -1.29. The van der Waals surface area contributed by atoms with Crippen molar-refractivity contribution in [3.63, 3.8) is 0 Å². The van der Waals surface area contributed by atoms with Crippen molar-refractivity contribution in [1.82, 2.24) is 0 Å². The molecular weight excluding hydrogens is 302 g/mol. The predicted molar refractivity (Wildman–Crippen MR) is 49.0 cm³/mol. The number of esters is 1. The molecule has 0 saturated heterocycles. The molecule has 10 heteroatoms. The Morgan fingerprint density at radius 2 is 1.74 bits per heavy atom. The second kappa shape index (κ2) is 5.00. The normalized spacial score (nSPS) is 13.4. The van der Waals surface area contributed by atoms with Crippen molar-refractivity contribution in [3.05, 3.63) is 22.4 Å². The summed E-state index contributed by atoms with van der Waals surface area (Å²) in [5.74, 6) is -2.92. The van der Waals surface area contributed by atoms with Crippen LogP contribution >= 0.6 is 11.3 Å². The van der Waals surface area contributed by atoms with Crippen LogP contribution in [0.15, 0.2) is 17.5 Å². The first-order valence-corrected chi connectivity index (χ1v) is 5.41. The Balaban J connectivity index is 2.91. The summed E-state index contributed by atoms with van der Waals surface area (Å²) in [6.45, 7) is -0.827. The largest absolute Gasteiger partial charge is 0.828 e. The number of hydrogen-bond donors (Lipinski definition) is 0. The number of thiophene rings is 1. The maximum atomic E-state index is 12.2. The van der Waals surface area contributed by atoms with Crippen LogP contribution < -0.4 is 5.11 Å². The fourth-order valence-electron chi connectivity index (χ4n) is 1.03. The van der Waals surface area contributed by atoms with Gasteiger partial charge in [-0.15, -0.1) is 11.3 Å². The molecule has 3 nitrogen and oxygen atoms in total. The van der Waals surface area contributed by atoms with Crippen molar-refractivity contribution in [3.8, 4) is 0 Å². The second-order valence-corrected chi connectivity index (χ2v) is 4.36. The highest BCUT2D eigenvalue weighted by Gasteiger charge is 2.68. The lowest BCUT2D eigenvalue weighted by Crippen LogP contribution is -2.71. The number of alkyl halides is 6. The smallest absolute Gasteiger partial charge is 0.399 e. The number of rotatable bonds is 3. The third-order valence-corrected chi connectivity index (χ3v) is 2.86. The maximum absolute atomic E-state index is 12.2. The van der Waals surface area contributed by atoms with Gasteiger partial charge in [-0.1, -0.05) is 6.07 Å². The number of hydrogen-bond acceptors (Lipinski definition) is 4. The molecule has 0 aliphatic heterocycles. The monoisotopic (exact) mass is 307 g/mol. The van der Waals surface area contributed by atoms with Gasteiger partial charge in [0.05, 0.1) is 0 Å². The zero-order chi connectivity index (χ0) is 14.9. The van der Waals surface area contributed by atoms with Crippen molar-refractivity contribution < 1.29 is 41.0 Å². The first-order chi connectivity index (χ1) is 8.50. The average Bonchev–Trinajstić information content (AvgIpc) is 2.74. The van der Waals surface area contributed by atoms with Crippen LogP contribution in [0, 0.1) is 0 Å². The standard InChI is InChI=1S/C9H5F6O3S/c10-8(11,12)7(17,9(13,14)15)6(16)18-4-5-2-1-3-19-5/h1-3H,4H2/q-1. The summed E-state index contributed by atoms with van der Waals surface area (Å²) in [5.41, 5.74) is -5.78. The van der Waals surface area contributed by atoms with E-state index in [1.54, 1.807) is 0 Å². The molecule has 0 saturated carbocycles. The molecular formula is C9H5F6O3S-. The van der Waals surface area contributed by atoms with Crippen molar-refractivity contribution >= 4 is 17.3 Å². The highest BCUT2D eigenvalue weighted by molar-refractivity contribution is 7.09. The van der Waals surface area contributed by atoms with Crippen LogP contribution in [0.1, 0.15) is 4.88 Å². The number of carbonyl (C=O) groups excluding carboxylic acids is 1. The first kappa shape index (κ1) is 15.8. The van der Waals surface area contributed by atoms with Crippen LogP contribution in [-0.4, -0.2) is 23.9 Å². The van der Waals surface area contributed by atoms with Crippen molar-refractivity contribution in [1.29, 1.82) is 0 Å². The van der Waals surface area contributed by atoms with Gasteiger partial charge in [0, 0.05) is 4.88 Å². The summed E-state index contributed by atoms with van der Waals surface area (Å²) in [6.07, 6.45) is -12.7. The summed E-state index contributed by atoms with van der Waals surface area (Å²) in [7, 11) is 0. The van der Waals surface area contributed by atoms with Gasteiger partial charge in [0.15, 0.2) is 5.60 Å². The molecule has 0 aliphatic rings. The minimum Gasteiger partial charge on any atom is -0.828 e. The van der Waals surface area contributed by atoms with Gasteiger partial charge in [-0.2, -0.15) is 26.3 Å². The number of ether oxygens (including phenoxy) is 1. The number of carbonyl (C=O) groups is 1. The molecule has 19 heavy (non-hydrogen) atoms. The van der Waals surface area contributed by atoms with Gasteiger partial charge >= 0.3 is 18.3 Å². The summed E-state index contributed by atoms with van der Waals surface area (Å²) < 4.78 is 76.9. The van der Waals surface area contributed by atoms with Gasteiger partial charge < -0.3 is 9.84 Å². The zero-order valence-electron chi connectivity index (χ0n) is 8.84. The minimum absolute atomic E-state index is 0.208. The fourth-order valence-corrected chi connectivity index (χ4v) is 1.64. The molecule has 0 fully saturated rings. The Labute approximate surface area is 106 Å². The molecule has 0 bridgehead atoms. The van der Waals surface area contributed by atoms with Crippen LogP contribution in [-0.2, 0) is 16.1 Å². The van der Waals surface area contributed by atoms with E-state index in [2.05, 4.69) is 4.74 Å². The Bertz CT molecular complexity index is 422. The molecule has 1 heterocycles. The molecule has 1 rings (SSSR count). The van der Waals surface area contributed by atoms with E-state index in [0.29, 0.717) is 0 Å². The van der Waals surface area contributed by atoms with E-state index >= 15 is 0 Å². The van der Waals surface area contributed by atoms with E-state index in [1.807, 2.05) is 0 Å². The maximum Gasteiger partial charge on any atom is 0.399 e. The van der Waals surface area contributed by atoms with Crippen LogP contribution in [0.5, 0.6) is 0 Å². The van der Waals surface area contributed by atoms with Gasteiger partial charge in [0.2, 0.25) is 0 Å². The van der Waals surface area contributed by atoms with E-state index in [-0.39, 0.29) is 4.88 Å². The fraction of sp³-hybridized carbons (Fsp3) is 0.444. The van der Waals surface area contributed by atoms with Gasteiger partial charge in [0.1, 0.15) is 6.61 Å². The molecule has 0 unspecified atom stereocenters. The van der Waals surface area contributed by atoms with Crippen molar-refractivity contribution in [2.24, 2.45) is 0 Å². The SMILES string of the molecule is O=C(OCc1cccs1)C([O-])(C(F)(F)F)C(F)(F)F. The Morgan fingerprint density at radius 1 is 1.21 bits per heavy atom. The average molecular weight is 307 g/mol. The highest BCUT2D eigenvalue weighted by atomic mass is 32.1. The molecule has 0 amide bonds. The molecule has 0 aliphatic carbocycles. The Kier molecular flexibility index (Phi) is 4.15. The summed E-state index contributed by atoms with van der Waals surface area (Å²) in [5, 5.41) is 12.4. The predicted octanol–water partition coefficient (Wildman–Crippen LogP) is 2.01. The molecule has 0 atom stereocenters. The van der Waals surface area contributed by atoms with Crippen molar-refractivity contribution in [2.75, 3.05) is 0 Å². The van der Waals surface area contributed by atoms with Gasteiger partial charge in [0.25, 0.3) is 0 Å². The van der Waals surface area contributed by atoms with Gasteiger partial charge in [-0.3, -0.25) is 4.79 Å². The van der Waals surface area contributed by atoms with E-state index in [9.17, 15) is 36.2 Å². The van der Waals surface area contributed by atoms with Crippen LogP contribution in [0.3, 0.4) is 0 Å². The molecule has 108 valence electrons. The van der Waals surface area contributed by atoms with Gasteiger partial charge in [-0.25, -0.2) is 0 Å². The topological polar surface area (TPSA) is 49.4 Å². The molecule has 0 spiro atoms. The molecule has 0 radical (unpaired) electrons. The summed E-state index contributed by atoms with van der Waals surface area (Å²) in [4.78, 5) is 11.1. The van der Waals surface area contributed by atoms with Gasteiger partial charge in [-0.05, 0) is 11.4 Å². The molecule has 1 aromatic rings. The van der Waals surface area contributed by atoms with Crippen LogP contribution in [0.25, 0.3) is 0 Å². The lowest BCUT2D eigenvalue weighted by atomic mass is 10.0. The number of halogens is 6. The highest BCUT2D eigenvalue weighted by Crippen LogP contribution is 2.41. The van der Waals surface area contributed by atoms with Crippen LogP contribution in [0.4, 0.5) is 26.3 Å². The lowest BCUT2D eigenvalue weighted by molar-refractivity contribution is -0.574. The van der Waals surface area contributed by atoms with Crippen molar-refractivity contribution in [2.45, 2.75) is 24.6 Å². The van der Waals surface area contributed by atoms with Crippen LogP contribution in [0.2, 0.25) is 0 Å². The molecule has 0 N–H and O–H groups in total. The summed E-state index contributed by atoms with van der Waals surface area (Å²) >= 11 is 0.949. The summed E-state index contributed by atoms with van der Waals surface area (Å²) in [6, 6.07) is 2.78. The van der Waals surface area contributed by atoms with E-state index in [4.69, 9.17) is 0 Å².